The third-order valence-corrected chi connectivity index (χ3v) is 4.52. The van der Waals surface area contributed by atoms with Gasteiger partial charge in [-0.2, -0.15) is 0 Å². The van der Waals surface area contributed by atoms with Crippen molar-refractivity contribution >= 4 is 17.3 Å². The van der Waals surface area contributed by atoms with Gasteiger partial charge in [-0.3, -0.25) is 4.79 Å². The molecule has 1 aromatic carbocycles. The van der Waals surface area contributed by atoms with Crippen LogP contribution in [-0.2, 0) is 4.79 Å². The average Bonchev–Trinajstić information content (AvgIpc) is 2.98. The highest BCUT2D eigenvalue weighted by Crippen LogP contribution is 2.38. The Kier molecular flexibility index (Phi) is 3.63. The molecule has 5 nitrogen and oxygen atoms in total. The Bertz CT molecular complexity index is 558. The molecule has 1 fully saturated rings. The van der Waals surface area contributed by atoms with Gasteiger partial charge in [-0.1, -0.05) is 6.07 Å². The lowest BCUT2D eigenvalue weighted by molar-refractivity contribution is -0.125. The van der Waals surface area contributed by atoms with E-state index in [2.05, 4.69) is 23.9 Å². The van der Waals surface area contributed by atoms with Crippen molar-refractivity contribution in [2.45, 2.75) is 25.0 Å². The van der Waals surface area contributed by atoms with E-state index in [-0.39, 0.29) is 5.91 Å². The summed E-state index contributed by atoms with van der Waals surface area (Å²) in [5.41, 5.74) is 2.70. The van der Waals surface area contributed by atoms with E-state index >= 15 is 0 Å². The minimum atomic E-state index is -1.00. The summed E-state index contributed by atoms with van der Waals surface area (Å²) in [6.07, 6.45) is 1.40. The summed E-state index contributed by atoms with van der Waals surface area (Å²) < 4.78 is 0. The molecule has 2 atom stereocenters. The van der Waals surface area contributed by atoms with Crippen LogP contribution in [0.15, 0.2) is 18.2 Å². The van der Waals surface area contributed by atoms with Gasteiger partial charge in [-0.05, 0) is 39.1 Å². The number of amides is 1. The summed E-state index contributed by atoms with van der Waals surface area (Å²) in [6.45, 7) is 2.09. The number of aliphatic hydroxyl groups excluding tert-OH is 1. The van der Waals surface area contributed by atoms with Crippen LogP contribution in [-0.4, -0.2) is 56.2 Å². The molecular weight excluding hydrogens is 266 g/mol. The van der Waals surface area contributed by atoms with Crippen molar-refractivity contribution in [1.29, 1.82) is 0 Å². The van der Waals surface area contributed by atoms with E-state index in [0.717, 1.165) is 30.0 Å². The first kappa shape index (κ1) is 14.4. The summed E-state index contributed by atoms with van der Waals surface area (Å²) in [5, 5.41) is 9.94. The second-order valence-electron chi connectivity index (χ2n) is 6.29. The van der Waals surface area contributed by atoms with Crippen LogP contribution in [0.1, 0.15) is 24.5 Å². The standard InChI is InChI=1S/C16H23N3O2/c1-17(2)10-12-5-4-8-19(12)11-6-7-13-14(9-11)18(3)16(21)15(13)20/h6-7,9,12,15,20H,4-5,8,10H2,1-3H3. The summed E-state index contributed by atoms with van der Waals surface area (Å²) in [5.74, 6) is -0.242. The van der Waals surface area contributed by atoms with E-state index in [1.165, 1.54) is 12.8 Å². The highest BCUT2D eigenvalue weighted by molar-refractivity contribution is 6.03. The second kappa shape index (κ2) is 5.31. The van der Waals surface area contributed by atoms with E-state index in [1.807, 2.05) is 18.2 Å². The highest BCUT2D eigenvalue weighted by atomic mass is 16.3. The number of hydrogen-bond acceptors (Lipinski definition) is 4. The Morgan fingerprint density at radius 2 is 2.14 bits per heavy atom. The topological polar surface area (TPSA) is 47.0 Å². The number of hydrogen-bond donors (Lipinski definition) is 1. The SMILES string of the molecule is CN(C)CC1CCCN1c1ccc2c(c1)N(C)C(=O)C2O. The first-order valence-electron chi connectivity index (χ1n) is 7.50. The molecule has 0 bridgehead atoms. The summed E-state index contributed by atoms with van der Waals surface area (Å²) in [7, 11) is 5.92. The summed E-state index contributed by atoms with van der Waals surface area (Å²) in [6, 6.07) is 6.48. The molecule has 1 N–H and O–H groups in total. The Labute approximate surface area is 125 Å². The van der Waals surface area contributed by atoms with E-state index in [9.17, 15) is 9.90 Å². The van der Waals surface area contributed by atoms with Crippen LogP contribution < -0.4 is 9.80 Å². The molecule has 0 radical (unpaired) electrons. The number of rotatable bonds is 3. The Morgan fingerprint density at radius 1 is 1.38 bits per heavy atom. The van der Waals surface area contributed by atoms with Crippen LogP contribution in [0.2, 0.25) is 0 Å². The van der Waals surface area contributed by atoms with Crippen molar-refractivity contribution < 1.29 is 9.90 Å². The van der Waals surface area contributed by atoms with Crippen LogP contribution in [0.25, 0.3) is 0 Å². The van der Waals surface area contributed by atoms with Crippen LogP contribution >= 0.6 is 0 Å². The number of aliphatic hydroxyl groups is 1. The number of nitrogens with zero attached hydrogens (tertiary/aromatic N) is 3. The molecule has 0 saturated carbocycles. The van der Waals surface area contributed by atoms with Crippen molar-refractivity contribution in [3.05, 3.63) is 23.8 Å². The molecule has 1 saturated heterocycles. The quantitative estimate of drug-likeness (QED) is 0.909. The second-order valence-corrected chi connectivity index (χ2v) is 6.29. The molecule has 0 spiro atoms. The van der Waals surface area contributed by atoms with Gasteiger partial charge in [0.05, 0.1) is 5.69 Å². The lowest BCUT2D eigenvalue weighted by Crippen LogP contribution is -2.37. The largest absolute Gasteiger partial charge is 0.378 e. The van der Waals surface area contributed by atoms with Gasteiger partial charge in [0.15, 0.2) is 6.10 Å². The van der Waals surface area contributed by atoms with E-state index in [0.29, 0.717) is 6.04 Å². The van der Waals surface area contributed by atoms with E-state index in [1.54, 1.807) is 11.9 Å². The van der Waals surface area contributed by atoms with Gasteiger partial charge in [0, 0.05) is 37.4 Å². The fourth-order valence-corrected chi connectivity index (χ4v) is 3.45. The number of benzene rings is 1. The van der Waals surface area contributed by atoms with Crippen molar-refractivity contribution in [2.75, 3.05) is 44.0 Å². The van der Waals surface area contributed by atoms with Crippen LogP contribution in [0.5, 0.6) is 0 Å². The molecule has 2 aliphatic heterocycles. The van der Waals surface area contributed by atoms with Crippen LogP contribution in [0.4, 0.5) is 11.4 Å². The fourth-order valence-electron chi connectivity index (χ4n) is 3.45. The number of fused-ring (bicyclic) bond motifs is 1. The molecule has 1 amide bonds. The average molecular weight is 289 g/mol. The van der Waals surface area contributed by atoms with Gasteiger partial charge in [-0.25, -0.2) is 0 Å². The van der Waals surface area contributed by atoms with E-state index in [4.69, 9.17) is 0 Å². The maximum absolute atomic E-state index is 11.9. The molecule has 1 aromatic rings. The zero-order chi connectivity index (χ0) is 15.1. The molecular formula is C16H23N3O2. The molecule has 21 heavy (non-hydrogen) atoms. The van der Waals surface area contributed by atoms with Gasteiger partial charge < -0.3 is 19.8 Å². The predicted molar refractivity (Wildman–Crippen MR) is 83.7 cm³/mol. The van der Waals surface area contributed by atoms with Gasteiger partial charge in [0.2, 0.25) is 0 Å². The lowest BCUT2D eigenvalue weighted by atomic mass is 10.1. The molecule has 0 aliphatic carbocycles. The summed E-state index contributed by atoms with van der Waals surface area (Å²) in [4.78, 5) is 18.1. The third-order valence-electron chi connectivity index (χ3n) is 4.52. The van der Waals surface area contributed by atoms with Crippen molar-refractivity contribution in [3.63, 3.8) is 0 Å². The van der Waals surface area contributed by atoms with Crippen LogP contribution in [0.3, 0.4) is 0 Å². The normalized spacial score (nSPS) is 25.1. The number of likely N-dealkylation sites (N-methyl/N-ethyl adjacent to an activating group) is 2. The monoisotopic (exact) mass is 289 g/mol. The fraction of sp³-hybridized carbons (Fsp3) is 0.562. The highest BCUT2D eigenvalue weighted by Gasteiger charge is 2.34. The molecule has 114 valence electrons. The summed E-state index contributed by atoms with van der Waals surface area (Å²) >= 11 is 0. The van der Waals surface area contributed by atoms with Crippen LogP contribution in [0, 0.1) is 0 Å². The molecule has 2 heterocycles. The number of carbonyl (C=O) groups is 1. The first-order valence-corrected chi connectivity index (χ1v) is 7.50. The molecule has 2 aliphatic rings. The maximum Gasteiger partial charge on any atom is 0.260 e. The molecule has 2 unspecified atom stereocenters. The zero-order valence-corrected chi connectivity index (χ0v) is 12.9. The number of carbonyl (C=O) groups excluding carboxylic acids is 1. The van der Waals surface area contributed by atoms with Crippen molar-refractivity contribution in [1.82, 2.24) is 4.90 Å². The van der Waals surface area contributed by atoms with Gasteiger partial charge >= 0.3 is 0 Å². The molecule has 3 rings (SSSR count). The van der Waals surface area contributed by atoms with Crippen molar-refractivity contribution in [2.24, 2.45) is 0 Å². The Balaban J connectivity index is 1.89. The van der Waals surface area contributed by atoms with Gasteiger partial charge in [0.25, 0.3) is 5.91 Å². The first-order chi connectivity index (χ1) is 9.99. The Hall–Kier alpha value is -1.59. The van der Waals surface area contributed by atoms with Gasteiger partial charge in [0.1, 0.15) is 0 Å². The van der Waals surface area contributed by atoms with E-state index < -0.39 is 6.10 Å². The third kappa shape index (κ3) is 2.40. The predicted octanol–water partition coefficient (Wildman–Crippen LogP) is 1.23. The Morgan fingerprint density at radius 3 is 2.86 bits per heavy atom. The maximum atomic E-state index is 11.9. The molecule has 5 heteroatoms. The van der Waals surface area contributed by atoms with Crippen molar-refractivity contribution in [3.8, 4) is 0 Å². The smallest absolute Gasteiger partial charge is 0.260 e. The minimum absolute atomic E-state index is 0.242. The number of anilines is 2. The minimum Gasteiger partial charge on any atom is -0.378 e. The lowest BCUT2D eigenvalue weighted by Gasteiger charge is -2.29. The molecule has 0 aromatic heterocycles. The van der Waals surface area contributed by atoms with Gasteiger partial charge in [-0.15, -0.1) is 0 Å². The zero-order valence-electron chi connectivity index (χ0n) is 12.9.